The van der Waals surface area contributed by atoms with Gasteiger partial charge in [-0.05, 0) is 49.2 Å². The maximum Gasteiger partial charge on any atom is 0.216 e. The Bertz CT molecular complexity index is 1150. The molecular formula is C21H17N2O+. The summed E-state index contributed by atoms with van der Waals surface area (Å²) in [6, 6.07) is 16.2. The van der Waals surface area contributed by atoms with Gasteiger partial charge in [0.15, 0.2) is 6.20 Å². The van der Waals surface area contributed by atoms with Gasteiger partial charge in [-0.1, -0.05) is 6.07 Å². The van der Waals surface area contributed by atoms with Crippen molar-refractivity contribution >= 4 is 21.9 Å². The number of aryl methyl sites for hydroxylation is 3. The molecule has 0 atom stereocenters. The van der Waals surface area contributed by atoms with Gasteiger partial charge in [-0.15, -0.1) is 0 Å². The van der Waals surface area contributed by atoms with Crippen molar-refractivity contribution in [2.45, 2.75) is 13.8 Å². The van der Waals surface area contributed by atoms with Gasteiger partial charge in [-0.2, -0.15) is 5.26 Å². The molecule has 2 aromatic carbocycles. The van der Waals surface area contributed by atoms with E-state index in [-0.39, 0.29) is 0 Å². The van der Waals surface area contributed by atoms with E-state index in [1.54, 1.807) is 0 Å². The molecule has 3 heteroatoms. The Morgan fingerprint density at radius 3 is 2.62 bits per heavy atom. The highest BCUT2D eigenvalue weighted by Gasteiger charge is 2.21. The number of benzene rings is 2. The molecule has 0 fully saturated rings. The monoisotopic (exact) mass is 313 g/mol. The number of nitriles is 1. The van der Waals surface area contributed by atoms with E-state index in [2.05, 4.69) is 36.6 Å². The van der Waals surface area contributed by atoms with Crippen molar-refractivity contribution in [2.24, 2.45) is 7.05 Å². The van der Waals surface area contributed by atoms with Crippen molar-refractivity contribution in [1.29, 1.82) is 5.26 Å². The van der Waals surface area contributed by atoms with E-state index in [0.717, 1.165) is 33.2 Å². The molecule has 0 unspecified atom stereocenters. The Kier molecular flexibility index (Phi) is 3.14. The molecule has 4 rings (SSSR count). The second kappa shape index (κ2) is 5.21. The fraction of sp³-hybridized carbons (Fsp3) is 0.143. The normalized spacial score (nSPS) is 11.1. The van der Waals surface area contributed by atoms with Crippen molar-refractivity contribution in [3.63, 3.8) is 0 Å². The summed E-state index contributed by atoms with van der Waals surface area (Å²) in [6.45, 7) is 4.22. The van der Waals surface area contributed by atoms with Gasteiger partial charge >= 0.3 is 0 Å². The number of rotatable bonds is 1. The first kappa shape index (κ1) is 14.5. The predicted octanol–water partition coefficient (Wildman–Crippen LogP) is 4.57. The number of aromatic nitrogens is 1. The summed E-state index contributed by atoms with van der Waals surface area (Å²) >= 11 is 0. The van der Waals surface area contributed by atoms with E-state index in [1.807, 2.05) is 43.6 Å². The zero-order valence-electron chi connectivity index (χ0n) is 13.9. The molecule has 0 amide bonds. The lowest BCUT2D eigenvalue weighted by Gasteiger charge is -2.07. The summed E-state index contributed by atoms with van der Waals surface area (Å²) in [7, 11) is 2.04. The van der Waals surface area contributed by atoms with Gasteiger partial charge in [0.25, 0.3) is 0 Å². The molecule has 0 aliphatic carbocycles. The summed E-state index contributed by atoms with van der Waals surface area (Å²) in [4.78, 5) is 0. The maximum atomic E-state index is 9.14. The zero-order chi connectivity index (χ0) is 16.8. The Labute approximate surface area is 140 Å². The molecule has 0 saturated heterocycles. The number of pyridine rings is 1. The first-order valence-electron chi connectivity index (χ1n) is 7.91. The second-order valence-corrected chi connectivity index (χ2v) is 6.21. The van der Waals surface area contributed by atoms with Crippen LogP contribution >= 0.6 is 0 Å². The first-order chi connectivity index (χ1) is 11.6. The van der Waals surface area contributed by atoms with Crippen molar-refractivity contribution in [3.8, 4) is 17.3 Å². The van der Waals surface area contributed by atoms with E-state index in [4.69, 9.17) is 9.68 Å². The molecule has 0 aliphatic heterocycles. The smallest absolute Gasteiger partial charge is 0.216 e. The second-order valence-electron chi connectivity index (χ2n) is 6.21. The number of hydrogen-bond donors (Lipinski definition) is 0. The summed E-state index contributed by atoms with van der Waals surface area (Å²) in [6.07, 6.45) is 2.04. The number of nitrogens with zero attached hydrogens (tertiary/aromatic N) is 2. The Morgan fingerprint density at radius 2 is 1.88 bits per heavy atom. The van der Waals surface area contributed by atoms with Crippen LogP contribution in [0.15, 0.2) is 53.1 Å². The van der Waals surface area contributed by atoms with Gasteiger partial charge in [0.05, 0.1) is 17.2 Å². The van der Waals surface area contributed by atoms with Gasteiger partial charge < -0.3 is 4.42 Å². The average molecular weight is 313 g/mol. The predicted molar refractivity (Wildman–Crippen MR) is 94.5 cm³/mol. The van der Waals surface area contributed by atoms with Crippen LogP contribution in [0.2, 0.25) is 0 Å². The minimum Gasteiger partial charge on any atom is -0.455 e. The third kappa shape index (κ3) is 2.00. The van der Waals surface area contributed by atoms with Crippen LogP contribution < -0.4 is 4.57 Å². The topological polar surface area (TPSA) is 40.8 Å². The summed E-state index contributed by atoms with van der Waals surface area (Å²) in [5.74, 6) is 0. The van der Waals surface area contributed by atoms with Crippen LogP contribution in [0.1, 0.15) is 16.7 Å². The maximum absolute atomic E-state index is 9.14. The van der Waals surface area contributed by atoms with Crippen LogP contribution in [0, 0.1) is 25.2 Å². The molecule has 0 saturated carbocycles. The van der Waals surface area contributed by atoms with Gasteiger partial charge in [-0.25, -0.2) is 4.57 Å². The fourth-order valence-electron chi connectivity index (χ4n) is 3.48. The molecule has 116 valence electrons. The van der Waals surface area contributed by atoms with E-state index in [1.165, 1.54) is 11.1 Å². The molecule has 0 N–H and O–H groups in total. The molecule has 3 nitrogen and oxygen atoms in total. The summed E-state index contributed by atoms with van der Waals surface area (Å²) in [5, 5.41) is 11.3. The highest BCUT2D eigenvalue weighted by molar-refractivity contribution is 6.11. The minimum absolute atomic E-state index is 0.614. The molecule has 2 aromatic heterocycles. The van der Waals surface area contributed by atoms with E-state index >= 15 is 0 Å². The molecule has 2 heterocycles. The molecule has 24 heavy (non-hydrogen) atoms. The van der Waals surface area contributed by atoms with Gasteiger partial charge in [0.2, 0.25) is 5.69 Å². The standard InChI is InChI=1S/C21H17N2O/c1-13-10-14(2)20(17-6-4-5-9-23(17)3)21-19(13)16-8-7-15(12-22)11-18(16)24-21/h4-11H,1-3H3/q+1. The van der Waals surface area contributed by atoms with Crippen molar-refractivity contribution in [1.82, 2.24) is 0 Å². The fourth-order valence-corrected chi connectivity index (χ4v) is 3.48. The van der Waals surface area contributed by atoms with Crippen LogP contribution in [0.3, 0.4) is 0 Å². The lowest BCUT2D eigenvalue weighted by molar-refractivity contribution is -0.660. The van der Waals surface area contributed by atoms with E-state index in [0.29, 0.717) is 5.56 Å². The van der Waals surface area contributed by atoms with Crippen LogP contribution in [-0.4, -0.2) is 0 Å². The number of furan rings is 1. The summed E-state index contributed by atoms with van der Waals surface area (Å²) in [5.41, 5.74) is 6.85. The Morgan fingerprint density at radius 1 is 1.04 bits per heavy atom. The molecule has 0 aliphatic rings. The Balaban J connectivity index is 2.19. The van der Waals surface area contributed by atoms with Crippen LogP contribution in [0.5, 0.6) is 0 Å². The van der Waals surface area contributed by atoms with Crippen LogP contribution in [0.4, 0.5) is 0 Å². The summed E-state index contributed by atoms with van der Waals surface area (Å²) < 4.78 is 8.33. The zero-order valence-corrected chi connectivity index (χ0v) is 13.9. The van der Waals surface area contributed by atoms with Gasteiger partial charge in [0.1, 0.15) is 18.2 Å². The highest BCUT2D eigenvalue weighted by Crippen LogP contribution is 2.39. The molecular weight excluding hydrogens is 296 g/mol. The van der Waals surface area contributed by atoms with Gasteiger partial charge in [-0.3, -0.25) is 0 Å². The SMILES string of the molecule is Cc1cc(C)c2c(oc3cc(C#N)ccc32)c1-c1cccc[n+]1C. The van der Waals surface area contributed by atoms with Gasteiger partial charge in [0, 0.05) is 22.9 Å². The highest BCUT2D eigenvalue weighted by atomic mass is 16.3. The van der Waals surface area contributed by atoms with Crippen LogP contribution in [0.25, 0.3) is 33.2 Å². The largest absolute Gasteiger partial charge is 0.455 e. The third-order valence-electron chi connectivity index (χ3n) is 4.58. The number of hydrogen-bond acceptors (Lipinski definition) is 2. The minimum atomic E-state index is 0.614. The van der Waals surface area contributed by atoms with Crippen molar-refractivity contribution < 1.29 is 8.98 Å². The first-order valence-corrected chi connectivity index (χ1v) is 7.91. The lowest BCUT2D eigenvalue weighted by atomic mass is 9.97. The molecule has 0 radical (unpaired) electrons. The average Bonchev–Trinajstić information content (AvgIpc) is 2.94. The molecule has 0 spiro atoms. The van der Waals surface area contributed by atoms with Crippen LogP contribution in [-0.2, 0) is 7.05 Å². The van der Waals surface area contributed by atoms with E-state index < -0.39 is 0 Å². The number of fused-ring (bicyclic) bond motifs is 3. The van der Waals surface area contributed by atoms with Crippen molar-refractivity contribution in [2.75, 3.05) is 0 Å². The molecule has 0 bridgehead atoms. The quantitative estimate of drug-likeness (QED) is 0.483. The van der Waals surface area contributed by atoms with Crippen molar-refractivity contribution in [3.05, 3.63) is 65.4 Å². The third-order valence-corrected chi connectivity index (χ3v) is 4.58. The Hall–Kier alpha value is -3.12. The molecule has 4 aromatic rings. The lowest BCUT2D eigenvalue weighted by Crippen LogP contribution is -2.30. The van der Waals surface area contributed by atoms with E-state index in [9.17, 15) is 0 Å².